The molecule has 0 radical (unpaired) electrons. The van der Waals surface area contributed by atoms with Crippen molar-refractivity contribution in [2.24, 2.45) is 0 Å². The Morgan fingerprint density at radius 1 is 1.38 bits per heavy atom. The van der Waals surface area contributed by atoms with Gasteiger partial charge in [-0.1, -0.05) is 26.7 Å². The Balaban J connectivity index is 3.73. The lowest BCUT2D eigenvalue weighted by molar-refractivity contribution is -0.143. The molecule has 0 fully saturated rings. The molecule has 0 bridgehead atoms. The average molecular weight is 187 g/mol. The molecule has 0 amide bonds. The van der Waals surface area contributed by atoms with Gasteiger partial charge in [0.25, 0.3) is 0 Å². The smallest absolute Gasteiger partial charge is 0.322 e. The summed E-state index contributed by atoms with van der Waals surface area (Å²) >= 11 is 0. The first kappa shape index (κ1) is 12.4. The number of hydrogen-bond acceptors (Lipinski definition) is 3. The van der Waals surface area contributed by atoms with Gasteiger partial charge in [0.1, 0.15) is 6.04 Å². The summed E-state index contributed by atoms with van der Waals surface area (Å²) in [7, 11) is 1.44. The SMILES string of the molecule is CCCCNC(CCC)C(=O)OC. The van der Waals surface area contributed by atoms with Crippen LogP contribution >= 0.6 is 0 Å². The van der Waals surface area contributed by atoms with Gasteiger partial charge in [-0.25, -0.2) is 0 Å². The molecule has 0 aromatic carbocycles. The molecule has 0 rings (SSSR count). The van der Waals surface area contributed by atoms with Gasteiger partial charge in [-0.3, -0.25) is 4.79 Å². The van der Waals surface area contributed by atoms with Gasteiger partial charge in [-0.2, -0.15) is 0 Å². The van der Waals surface area contributed by atoms with Crippen LogP contribution in [0.2, 0.25) is 0 Å². The van der Waals surface area contributed by atoms with Crippen LogP contribution in [0.1, 0.15) is 39.5 Å². The van der Waals surface area contributed by atoms with E-state index in [0.29, 0.717) is 0 Å². The van der Waals surface area contributed by atoms with Crippen LogP contribution in [0.25, 0.3) is 0 Å². The number of unbranched alkanes of at least 4 members (excludes halogenated alkanes) is 1. The summed E-state index contributed by atoms with van der Waals surface area (Å²) in [6, 6.07) is -0.110. The minimum Gasteiger partial charge on any atom is -0.468 e. The molecular formula is C10H21NO2. The minimum absolute atomic E-state index is 0.110. The van der Waals surface area contributed by atoms with Gasteiger partial charge in [0.2, 0.25) is 0 Å². The summed E-state index contributed by atoms with van der Waals surface area (Å²) in [5.41, 5.74) is 0. The van der Waals surface area contributed by atoms with Gasteiger partial charge in [0.15, 0.2) is 0 Å². The summed E-state index contributed by atoms with van der Waals surface area (Å²) in [6.07, 6.45) is 4.11. The second kappa shape index (κ2) is 8.05. The molecule has 0 aromatic rings. The molecule has 1 atom stereocenters. The molecule has 0 spiro atoms. The van der Waals surface area contributed by atoms with Crippen LogP contribution in [0.5, 0.6) is 0 Å². The Kier molecular flexibility index (Phi) is 7.69. The molecule has 0 aliphatic heterocycles. The highest BCUT2D eigenvalue weighted by Crippen LogP contribution is 1.99. The third kappa shape index (κ3) is 5.64. The monoisotopic (exact) mass is 187 g/mol. The van der Waals surface area contributed by atoms with E-state index in [-0.39, 0.29) is 12.0 Å². The summed E-state index contributed by atoms with van der Waals surface area (Å²) in [5, 5.41) is 3.20. The molecule has 13 heavy (non-hydrogen) atoms. The third-order valence-corrected chi connectivity index (χ3v) is 1.98. The lowest BCUT2D eigenvalue weighted by atomic mass is 10.1. The Morgan fingerprint density at radius 2 is 2.08 bits per heavy atom. The zero-order valence-corrected chi connectivity index (χ0v) is 8.93. The van der Waals surface area contributed by atoms with Crippen molar-refractivity contribution in [3.8, 4) is 0 Å². The second-order valence-corrected chi connectivity index (χ2v) is 3.17. The average Bonchev–Trinajstić information content (AvgIpc) is 2.16. The first-order chi connectivity index (χ1) is 6.26. The Hall–Kier alpha value is -0.570. The topological polar surface area (TPSA) is 38.3 Å². The first-order valence-corrected chi connectivity index (χ1v) is 5.07. The molecule has 0 aliphatic carbocycles. The standard InChI is InChI=1S/C10H21NO2/c1-4-6-8-11-9(7-5-2)10(12)13-3/h9,11H,4-8H2,1-3H3. The first-order valence-electron chi connectivity index (χ1n) is 5.07. The van der Waals surface area contributed by atoms with E-state index in [1.54, 1.807) is 0 Å². The van der Waals surface area contributed by atoms with Crippen molar-refractivity contribution < 1.29 is 9.53 Å². The van der Waals surface area contributed by atoms with E-state index in [0.717, 1.165) is 32.2 Å². The summed E-state index contributed by atoms with van der Waals surface area (Å²) < 4.78 is 4.69. The van der Waals surface area contributed by atoms with E-state index in [2.05, 4.69) is 19.2 Å². The van der Waals surface area contributed by atoms with E-state index in [1.807, 2.05) is 0 Å². The number of nitrogens with one attached hydrogen (secondary N) is 1. The molecule has 0 heterocycles. The van der Waals surface area contributed by atoms with Crippen LogP contribution in [0, 0.1) is 0 Å². The van der Waals surface area contributed by atoms with Crippen LogP contribution in [0.3, 0.4) is 0 Å². The third-order valence-electron chi connectivity index (χ3n) is 1.98. The van der Waals surface area contributed by atoms with Crippen molar-refractivity contribution in [2.75, 3.05) is 13.7 Å². The zero-order valence-electron chi connectivity index (χ0n) is 8.93. The van der Waals surface area contributed by atoms with Gasteiger partial charge in [0, 0.05) is 0 Å². The molecule has 0 saturated carbocycles. The maximum atomic E-state index is 11.2. The highest BCUT2D eigenvalue weighted by Gasteiger charge is 2.16. The van der Waals surface area contributed by atoms with Crippen LogP contribution < -0.4 is 5.32 Å². The van der Waals surface area contributed by atoms with Crippen molar-refractivity contribution in [1.82, 2.24) is 5.32 Å². The van der Waals surface area contributed by atoms with E-state index in [4.69, 9.17) is 4.74 Å². The fourth-order valence-electron chi connectivity index (χ4n) is 1.19. The summed E-state index contributed by atoms with van der Waals surface area (Å²) in [4.78, 5) is 11.2. The van der Waals surface area contributed by atoms with Crippen molar-refractivity contribution in [1.29, 1.82) is 0 Å². The molecular weight excluding hydrogens is 166 g/mol. The van der Waals surface area contributed by atoms with Crippen molar-refractivity contribution in [3.63, 3.8) is 0 Å². The van der Waals surface area contributed by atoms with Crippen LogP contribution in [-0.4, -0.2) is 25.7 Å². The predicted molar refractivity (Wildman–Crippen MR) is 53.6 cm³/mol. The van der Waals surface area contributed by atoms with Gasteiger partial charge >= 0.3 is 5.97 Å². The quantitative estimate of drug-likeness (QED) is 0.487. The number of carbonyl (C=O) groups is 1. The number of ether oxygens (including phenoxy) is 1. The molecule has 0 aliphatic rings. The van der Waals surface area contributed by atoms with E-state index < -0.39 is 0 Å². The Bertz CT molecular complexity index is 137. The van der Waals surface area contributed by atoms with Gasteiger partial charge < -0.3 is 10.1 Å². The number of rotatable bonds is 7. The second-order valence-electron chi connectivity index (χ2n) is 3.17. The lowest BCUT2D eigenvalue weighted by Crippen LogP contribution is -2.37. The molecule has 3 nitrogen and oxygen atoms in total. The Labute approximate surface area is 80.8 Å². The van der Waals surface area contributed by atoms with Gasteiger partial charge in [-0.15, -0.1) is 0 Å². The van der Waals surface area contributed by atoms with Crippen LogP contribution in [0.15, 0.2) is 0 Å². The van der Waals surface area contributed by atoms with Crippen LogP contribution in [-0.2, 0) is 9.53 Å². The number of esters is 1. The molecule has 1 N–H and O–H groups in total. The summed E-state index contributed by atoms with van der Waals surface area (Å²) in [6.45, 7) is 5.10. The van der Waals surface area contributed by atoms with Crippen molar-refractivity contribution in [2.45, 2.75) is 45.6 Å². The zero-order chi connectivity index (χ0) is 10.1. The van der Waals surface area contributed by atoms with E-state index in [9.17, 15) is 4.79 Å². The maximum absolute atomic E-state index is 11.2. The van der Waals surface area contributed by atoms with Crippen LogP contribution in [0.4, 0.5) is 0 Å². The predicted octanol–water partition coefficient (Wildman–Crippen LogP) is 1.72. The van der Waals surface area contributed by atoms with Crippen molar-refractivity contribution >= 4 is 5.97 Å². The number of carbonyl (C=O) groups excluding carboxylic acids is 1. The van der Waals surface area contributed by atoms with E-state index in [1.165, 1.54) is 7.11 Å². The van der Waals surface area contributed by atoms with Gasteiger partial charge in [0.05, 0.1) is 7.11 Å². The van der Waals surface area contributed by atoms with Crippen molar-refractivity contribution in [3.05, 3.63) is 0 Å². The molecule has 78 valence electrons. The highest BCUT2D eigenvalue weighted by atomic mass is 16.5. The molecule has 0 aromatic heterocycles. The maximum Gasteiger partial charge on any atom is 0.322 e. The minimum atomic E-state index is -0.141. The lowest BCUT2D eigenvalue weighted by Gasteiger charge is -2.14. The fraction of sp³-hybridized carbons (Fsp3) is 0.900. The van der Waals surface area contributed by atoms with E-state index >= 15 is 0 Å². The highest BCUT2D eigenvalue weighted by molar-refractivity contribution is 5.75. The normalized spacial score (nSPS) is 12.5. The number of hydrogen-bond donors (Lipinski definition) is 1. The molecule has 1 unspecified atom stereocenters. The molecule has 3 heteroatoms. The van der Waals surface area contributed by atoms with Gasteiger partial charge in [-0.05, 0) is 19.4 Å². The Morgan fingerprint density at radius 3 is 2.54 bits per heavy atom. The summed E-state index contributed by atoms with van der Waals surface area (Å²) in [5.74, 6) is -0.141. The number of methoxy groups -OCH3 is 1. The molecule has 0 saturated heterocycles. The largest absolute Gasteiger partial charge is 0.468 e. The fourth-order valence-corrected chi connectivity index (χ4v) is 1.19.